The summed E-state index contributed by atoms with van der Waals surface area (Å²) in [6.07, 6.45) is 4.37. The van der Waals surface area contributed by atoms with Gasteiger partial charge >= 0.3 is 17.9 Å². The Morgan fingerprint density at radius 2 is 1.62 bits per heavy atom. The van der Waals surface area contributed by atoms with Crippen LogP contribution in [0.25, 0.3) is 0 Å². The summed E-state index contributed by atoms with van der Waals surface area (Å²) in [5.41, 5.74) is -0.794. The molecule has 0 saturated heterocycles. The van der Waals surface area contributed by atoms with Gasteiger partial charge in [-0.1, -0.05) is 13.8 Å². The van der Waals surface area contributed by atoms with Crippen molar-refractivity contribution in [1.82, 2.24) is 0 Å². The molecule has 0 aromatic carbocycles. The van der Waals surface area contributed by atoms with Crippen LogP contribution in [0.3, 0.4) is 0 Å². The van der Waals surface area contributed by atoms with Crippen molar-refractivity contribution in [1.29, 1.82) is 0 Å². The van der Waals surface area contributed by atoms with Crippen LogP contribution in [0.1, 0.15) is 72.6 Å². The molecule has 0 amide bonds. The summed E-state index contributed by atoms with van der Waals surface area (Å²) in [4.78, 5) is 36.3. The van der Waals surface area contributed by atoms with Crippen molar-refractivity contribution >= 4 is 17.9 Å². The van der Waals surface area contributed by atoms with Crippen LogP contribution in [0.4, 0.5) is 0 Å². The van der Waals surface area contributed by atoms with Crippen molar-refractivity contribution in [3.63, 3.8) is 0 Å². The molecule has 0 aromatic heterocycles. The van der Waals surface area contributed by atoms with Crippen molar-refractivity contribution in [2.75, 3.05) is 7.11 Å². The Bertz CT molecular complexity index is 780. The molecule has 4 aliphatic rings. The lowest BCUT2D eigenvalue weighted by Gasteiger charge is -2.63. The Hall–Kier alpha value is -1.63. The highest BCUT2D eigenvalue weighted by Gasteiger charge is 2.69. The molecule has 7 nitrogen and oxygen atoms in total. The van der Waals surface area contributed by atoms with Crippen molar-refractivity contribution in [2.45, 2.75) is 91.0 Å². The highest BCUT2D eigenvalue weighted by atomic mass is 16.6. The molecule has 4 fully saturated rings. The SMILES string of the molecule is COC(=O)[C@H]1CC[C@H]2[C@@H]3CC[C@H]4C[C@@H](OC(C)=O)CC[C@]4(C)[C@H]3[C@H](OC(C)=O)[C@@H](O)[C@]12C. The maximum Gasteiger partial charge on any atom is 0.309 e. The fourth-order valence-corrected chi connectivity index (χ4v) is 8.46. The standard InChI is InChI=1S/C25H38O7/c1-13(26)31-16-10-11-24(3)15(12-16)6-7-17-18-8-9-19(23(29)30-5)25(18,4)22(28)21(20(17)24)32-14(2)27/h15-22,28H,6-12H2,1-5H3/t15-,16-,17-,18-,19+,20+,21-,22+,24-,25-/m0/s1. The number of rotatable bonds is 3. The van der Waals surface area contributed by atoms with Gasteiger partial charge in [0.25, 0.3) is 0 Å². The van der Waals surface area contributed by atoms with Gasteiger partial charge in [0.1, 0.15) is 12.2 Å². The van der Waals surface area contributed by atoms with E-state index in [0.717, 1.165) is 38.5 Å². The molecule has 0 spiro atoms. The third-order valence-corrected chi connectivity index (χ3v) is 9.81. The number of carbonyl (C=O) groups is 3. The summed E-state index contributed by atoms with van der Waals surface area (Å²) in [5.74, 6) is -0.499. The normalized spacial score (nSPS) is 47.4. The molecule has 0 bridgehead atoms. The molecule has 0 aromatic rings. The molecule has 0 heterocycles. The van der Waals surface area contributed by atoms with Gasteiger partial charge in [-0.05, 0) is 68.1 Å². The van der Waals surface area contributed by atoms with Gasteiger partial charge in [-0.15, -0.1) is 0 Å². The predicted octanol–water partition coefficient (Wildman–Crippen LogP) is 3.26. The van der Waals surface area contributed by atoms with Gasteiger partial charge in [-0.3, -0.25) is 14.4 Å². The monoisotopic (exact) mass is 450 g/mol. The van der Waals surface area contributed by atoms with Crippen LogP contribution < -0.4 is 0 Å². The number of hydrogen-bond donors (Lipinski definition) is 1. The number of fused-ring (bicyclic) bond motifs is 5. The minimum absolute atomic E-state index is 0.0212. The zero-order chi connectivity index (χ0) is 23.4. The smallest absolute Gasteiger partial charge is 0.309 e. The lowest BCUT2D eigenvalue weighted by molar-refractivity contribution is -0.240. The number of esters is 3. The topological polar surface area (TPSA) is 99.1 Å². The number of carbonyl (C=O) groups excluding carboxylic acids is 3. The Morgan fingerprint density at radius 1 is 0.938 bits per heavy atom. The summed E-state index contributed by atoms with van der Waals surface area (Å²) in [5, 5.41) is 11.7. The predicted molar refractivity (Wildman–Crippen MR) is 115 cm³/mol. The molecule has 0 unspecified atom stereocenters. The minimum atomic E-state index is -0.925. The minimum Gasteiger partial charge on any atom is -0.469 e. The van der Waals surface area contributed by atoms with Gasteiger partial charge in [-0.2, -0.15) is 0 Å². The van der Waals surface area contributed by atoms with Crippen LogP contribution in [-0.4, -0.2) is 48.4 Å². The lowest BCUT2D eigenvalue weighted by Crippen LogP contribution is -2.66. The highest BCUT2D eigenvalue weighted by Crippen LogP contribution is 2.68. The van der Waals surface area contributed by atoms with Gasteiger partial charge in [-0.25, -0.2) is 0 Å². The average molecular weight is 451 g/mol. The van der Waals surface area contributed by atoms with E-state index in [-0.39, 0.29) is 41.2 Å². The van der Waals surface area contributed by atoms with Crippen LogP contribution in [0.5, 0.6) is 0 Å². The first-order valence-electron chi connectivity index (χ1n) is 12.1. The molecule has 4 aliphatic carbocycles. The van der Waals surface area contributed by atoms with E-state index in [1.807, 2.05) is 6.92 Å². The van der Waals surface area contributed by atoms with E-state index in [4.69, 9.17) is 14.2 Å². The van der Waals surface area contributed by atoms with E-state index in [0.29, 0.717) is 12.3 Å². The van der Waals surface area contributed by atoms with E-state index in [2.05, 4.69) is 6.92 Å². The largest absolute Gasteiger partial charge is 0.469 e. The molecule has 0 aliphatic heterocycles. The van der Waals surface area contributed by atoms with Crippen molar-refractivity contribution in [3.05, 3.63) is 0 Å². The number of methoxy groups -OCH3 is 1. The maximum atomic E-state index is 12.6. The molecule has 7 heteroatoms. The Kier molecular flexibility index (Phi) is 6.10. The van der Waals surface area contributed by atoms with E-state index >= 15 is 0 Å². The molecule has 4 rings (SSSR count). The molecule has 1 N–H and O–H groups in total. The van der Waals surface area contributed by atoms with Crippen molar-refractivity contribution < 1.29 is 33.7 Å². The second-order valence-electron chi connectivity index (χ2n) is 11.1. The van der Waals surface area contributed by atoms with Crippen LogP contribution in [0, 0.1) is 40.4 Å². The summed E-state index contributed by atoms with van der Waals surface area (Å²) in [6.45, 7) is 7.12. The van der Waals surface area contributed by atoms with E-state index in [1.54, 1.807) is 0 Å². The zero-order valence-corrected chi connectivity index (χ0v) is 20.0. The number of aliphatic hydroxyl groups excluding tert-OH is 1. The van der Waals surface area contributed by atoms with Crippen LogP contribution >= 0.6 is 0 Å². The summed E-state index contributed by atoms with van der Waals surface area (Å²) < 4.78 is 16.5. The second-order valence-corrected chi connectivity index (χ2v) is 11.1. The van der Waals surface area contributed by atoms with Crippen LogP contribution in [0.15, 0.2) is 0 Å². The number of aliphatic hydroxyl groups is 1. The third-order valence-electron chi connectivity index (χ3n) is 9.81. The second kappa shape index (κ2) is 8.30. The number of hydrogen-bond acceptors (Lipinski definition) is 7. The first-order chi connectivity index (χ1) is 15.0. The van der Waals surface area contributed by atoms with Crippen molar-refractivity contribution in [3.8, 4) is 0 Å². The van der Waals surface area contributed by atoms with Gasteiger partial charge in [0.15, 0.2) is 0 Å². The van der Waals surface area contributed by atoms with E-state index in [1.165, 1.54) is 21.0 Å². The van der Waals surface area contributed by atoms with Gasteiger partial charge < -0.3 is 19.3 Å². The molecular weight excluding hydrogens is 412 g/mol. The van der Waals surface area contributed by atoms with E-state index < -0.39 is 29.5 Å². The van der Waals surface area contributed by atoms with Gasteiger partial charge in [0.2, 0.25) is 0 Å². The van der Waals surface area contributed by atoms with Crippen LogP contribution in [0.2, 0.25) is 0 Å². The molecule has 32 heavy (non-hydrogen) atoms. The third kappa shape index (κ3) is 3.46. The summed E-state index contributed by atoms with van der Waals surface area (Å²) >= 11 is 0. The molecule has 180 valence electrons. The Balaban J connectivity index is 1.70. The quantitative estimate of drug-likeness (QED) is 0.520. The highest BCUT2D eigenvalue weighted by molar-refractivity contribution is 5.74. The van der Waals surface area contributed by atoms with Gasteiger partial charge in [0, 0.05) is 25.2 Å². The fourth-order valence-electron chi connectivity index (χ4n) is 8.46. The Morgan fingerprint density at radius 3 is 2.25 bits per heavy atom. The van der Waals surface area contributed by atoms with Gasteiger partial charge in [0.05, 0.1) is 19.1 Å². The maximum absolute atomic E-state index is 12.6. The first-order valence-corrected chi connectivity index (χ1v) is 12.1. The van der Waals surface area contributed by atoms with E-state index in [9.17, 15) is 19.5 Å². The molecule has 10 atom stereocenters. The zero-order valence-electron chi connectivity index (χ0n) is 20.0. The molecular formula is C25H38O7. The van der Waals surface area contributed by atoms with Crippen molar-refractivity contribution in [2.24, 2.45) is 40.4 Å². The molecule has 4 saturated carbocycles. The summed E-state index contributed by atoms with van der Waals surface area (Å²) in [6, 6.07) is 0. The lowest BCUT2D eigenvalue weighted by atomic mass is 9.43. The fraction of sp³-hybridized carbons (Fsp3) is 0.880. The number of ether oxygens (including phenoxy) is 3. The average Bonchev–Trinajstić information content (AvgIpc) is 3.08. The Labute approximate surface area is 190 Å². The summed E-state index contributed by atoms with van der Waals surface area (Å²) in [7, 11) is 1.40. The molecule has 0 radical (unpaired) electrons. The van der Waals surface area contributed by atoms with Crippen LogP contribution in [-0.2, 0) is 28.6 Å². The first kappa shape index (κ1) is 23.5.